The van der Waals surface area contributed by atoms with Crippen LogP contribution in [0.25, 0.3) is 0 Å². The second-order valence-electron chi connectivity index (χ2n) is 3.33. The Morgan fingerprint density at radius 3 is 3.06 bits per heavy atom. The van der Waals surface area contributed by atoms with Gasteiger partial charge in [0.25, 0.3) is 0 Å². The van der Waals surface area contributed by atoms with Crippen molar-refractivity contribution >= 4 is 17.3 Å². The summed E-state index contributed by atoms with van der Waals surface area (Å²) < 4.78 is 5.21. The maximum absolute atomic E-state index is 10.6. The van der Waals surface area contributed by atoms with Crippen LogP contribution in [0.2, 0.25) is 0 Å². The molecule has 0 aliphatic rings. The van der Waals surface area contributed by atoms with Crippen molar-refractivity contribution in [1.29, 1.82) is 0 Å². The first kappa shape index (κ1) is 13.2. The molecule has 0 aliphatic carbocycles. The average molecular weight is 243 g/mol. The summed E-state index contributed by atoms with van der Waals surface area (Å²) in [6.07, 6.45) is 0.977. The summed E-state index contributed by atoms with van der Waals surface area (Å²) in [6.45, 7) is 5.12. The minimum absolute atomic E-state index is 0.371. The van der Waals surface area contributed by atoms with Crippen LogP contribution < -0.4 is 5.32 Å². The summed E-state index contributed by atoms with van der Waals surface area (Å²) in [6, 6.07) is 1.71. The molecule has 0 saturated carbocycles. The number of ether oxygens (including phenoxy) is 1. The van der Waals surface area contributed by atoms with Gasteiger partial charge in [0.15, 0.2) is 0 Å². The lowest BCUT2D eigenvalue weighted by molar-refractivity contribution is 0.0697. The van der Waals surface area contributed by atoms with Crippen molar-refractivity contribution in [3.05, 3.63) is 21.9 Å². The van der Waals surface area contributed by atoms with Gasteiger partial charge in [0.1, 0.15) is 0 Å². The number of carboxylic acids is 1. The van der Waals surface area contributed by atoms with Crippen molar-refractivity contribution in [3.63, 3.8) is 0 Å². The number of hydrogen-bond acceptors (Lipinski definition) is 4. The lowest BCUT2D eigenvalue weighted by Crippen LogP contribution is -2.15. The molecule has 0 saturated heterocycles. The molecule has 1 rings (SSSR count). The van der Waals surface area contributed by atoms with Crippen LogP contribution in [-0.4, -0.2) is 30.8 Å². The van der Waals surface area contributed by atoms with E-state index in [2.05, 4.69) is 5.32 Å². The van der Waals surface area contributed by atoms with Gasteiger partial charge in [-0.2, -0.15) is 0 Å². The van der Waals surface area contributed by atoms with Crippen molar-refractivity contribution in [1.82, 2.24) is 5.32 Å². The van der Waals surface area contributed by atoms with Gasteiger partial charge in [-0.15, -0.1) is 11.3 Å². The summed E-state index contributed by atoms with van der Waals surface area (Å²) in [4.78, 5) is 11.7. The maximum atomic E-state index is 10.6. The molecule has 0 unspecified atom stereocenters. The fraction of sp³-hybridized carbons (Fsp3) is 0.545. The van der Waals surface area contributed by atoms with E-state index in [-0.39, 0.29) is 0 Å². The first-order chi connectivity index (χ1) is 7.74. The van der Waals surface area contributed by atoms with Crippen molar-refractivity contribution in [2.24, 2.45) is 0 Å². The fourth-order valence-electron chi connectivity index (χ4n) is 1.24. The van der Waals surface area contributed by atoms with E-state index in [1.54, 1.807) is 11.4 Å². The quantitative estimate of drug-likeness (QED) is 0.685. The molecule has 1 aromatic rings. The molecule has 16 heavy (non-hydrogen) atoms. The molecule has 2 N–H and O–H groups in total. The van der Waals surface area contributed by atoms with Gasteiger partial charge in [-0.25, -0.2) is 4.79 Å². The predicted octanol–water partition coefficient (Wildman–Crippen LogP) is 1.96. The minimum atomic E-state index is -0.862. The Labute approximate surface area is 99.2 Å². The van der Waals surface area contributed by atoms with Gasteiger partial charge >= 0.3 is 5.97 Å². The van der Waals surface area contributed by atoms with Crippen LogP contribution in [0.3, 0.4) is 0 Å². The summed E-state index contributed by atoms with van der Waals surface area (Å²) >= 11 is 1.47. The van der Waals surface area contributed by atoms with Crippen LogP contribution in [0.1, 0.15) is 28.6 Å². The number of hydrogen-bond donors (Lipinski definition) is 2. The standard InChI is InChI=1S/C11H17NO3S/c1-2-15-5-3-4-12-7-10-6-9(8-16-10)11(13)14/h6,8,12H,2-5,7H2,1H3,(H,13,14). The third-order valence-electron chi connectivity index (χ3n) is 2.05. The molecule has 0 radical (unpaired) electrons. The summed E-state index contributed by atoms with van der Waals surface area (Å²) in [7, 11) is 0. The van der Waals surface area contributed by atoms with Gasteiger partial charge in [-0.05, 0) is 26.0 Å². The molecule has 4 nitrogen and oxygen atoms in total. The van der Waals surface area contributed by atoms with Crippen molar-refractivity contribution < 1.29 is 14.6 Å². The first-order valence-electron chi connectivity index (χ1n) is 5.33. The van der Waals surface area contributed by atoms with E-state index in [1.165, 1.54) is 11.3 Å². The summed E-state index contributed by atoms with van der Waals surface area (Å²) in [5.41, 5.74) is 0.371. The van der Waals surface area contributed by atoms with Crippen LogP contribution in [0.4, 0.5) is 0 Å². The van der Waals surface area contributed by atoms with Crippen molar-refractivity contribution in [2.75, 3.05) is 19.8 Å². The Morgan fingerprint density at radius 2 is 2.44 bits per heavy atom. The van der Waals surface area contributed by atoms with E-state index < -0.39 is 5.97 Å². The van der Waals surface area contributed by atoms with Crippen LogP contribution in [0, 0.1) is 0 Å². The summed E-state index contributed by atoms with van der Waals surface area (Å²) in [5.74, 6) is -0.862. The molecular formula is C11H17NO3S. The molecule has 5 heteroatoms. The molecular weight excluding hydrogens is 226 g/mol. The third kappa shape index (κ3) is 4.74. The predicted molar refractivity (Wildman–Crippen MR) is 64.1 cm³/mol. The van der Waals surface area contributed by atoms with Gasteiger partial charge in [0.05, 0.1) is 5.56 Å². The van der Waals surface area contributed by atoms with Crippen LogP contribution in [0.15, 0.2) is 11.4 Å². The van der Waals surface area contributed by atoms with E-state index in [4.69, 9.17) is 9.84 Å². The Kier molecular flexibility index (Phi) is 6.07. The zero-order chi connectivity index (χ0) is 11.8. The number of rotatable bonds is 8. The topological polar surface area (TPSA) is 58.6 Å². The molecule has 0 aromatic carbocycles. The minimum Gasteiger partial charge on any atom is -0.478 e. The molecule has 0 amide bonds. The highest BCUT2D eigenvalue weighted by Crippen LogP contribution is 2.14. The van der Waals surface area contributed by atoms with Gasteiger partial charge in [-0.3, -0.25) is 0 Å². The van der Waals surface area contributed by atoms with E-state index in [0.717, 1.165) is 37.6 Å². The van der Waals surface area contributed by atoms with Gasteiger partial charge in [-0.1, -0.05) is 0 Å². The normalized spacial score (nSPS) is 10.6. The number of carbonyl (C=O) groups is 1. The highest BCUT2D eigenvalue weighted by atomic mass is 32.1. The second kappa shape index (κ2) is 7.38. The lowest BCUT2D eigenvalue weighted by atomic mass is 10.3. The number of carboxylic acid groups (broad SMARTS) is 1. The van der Waals surface area contributed by atoms with Gasteiger partial charge < -0.3 is 15.2 Å². The number of aromatic carboxylic acids is 1. The lowest BCUT2D eigenvalue weighted by Gasteiger charge is -2.02. The first-order valence-corrected chi connectivity index (χ1v) is 6.21. The maximum Gasteiger partial charge on any atom is 0.336 e. The highest BCUT2D eigenvalue weighted by Gasteiger charge is 2.05. The molecule has 0 fully saturated rings. The molecule has 0 bridgehead atoms. The smallest absolute Gasteiger partial charge is 0.336 e. The van der Waals surface area contributed by atoms with Crippen LogP contribution in [-0.2, 0) is 11.3 Å². The SMILES string of the molecule is CCOCCCNCc1cc(C(=O)O)cs1. The van der Waals surface area contributed by atoms with E-state index in [0.29, 0.717) is 5.56 Å². The van der Waals surface area contributed by atoms with E-state index >= 15 is 0 Å². The third-order valence-corrected chi connectivity index (χ3v) is 2.98. The Morgan fingerprint density at radius 1 is 1.62 bits per heavy atom. The zero-order valence-electron chi connectivity index (χ0n) is 9.36. The summed E-state index contributed by atoms with van der Waals surface area (Å²) in [5, 5.41) is 13.7. The van der Waals surface area contributed by atoms with E-state index in [1.807, 2.05) is 6.92 Å². The average Bonchev–Trinajstić information content (AvgIpc) is 2.72. The molecule has 90 valence electrons. The van der Waals surface area contributed by atoms with Crippen LogP contribution in [0.5, 0.6) is 0 Å². The fourth-order valence-corrected chi connectivity index (χ4v) is 2.07. The number of nitrogens with one attached hydrogen (secondary N) is 1. The molecule has 0 spiro atoms. The molecule has 1 heterocycles. The van der Waals surface area contributed by atoms with Gasteiger partial charge in [0.2, 0.25) is 0 Å². The monoisotopic (exact) mass is 243 g/mol. The largest absolute Gasteiger partial charge is 0.478 e. The highest BCUT2D eigenvalue weighted by molar-refractivity contribution is 7.10. The Bertz CT molecular complexity index is 325. The van der Waals surface area contributed by atoms with Gasteiger partial charge in [0, 0.05) is 30.0 Å². The molecule has 1 aromatic heterocycles. The molecule has 0 aliphatic heterocycles. The molecule has 0 atom stereocenters. The van der Waals surface area contributed by atoms with E-state index in [9.17, 15) is 4.79 Å². The Balaban J connectivity index is 2.14. The Hall–Kier alpha value is -0.910. The van der Waals surface area contributed by atoms with Crippen LogP contribution >= 0.6 is 11.3 Å². The second-order valence-corrected chi connectivity index (χ2v) is 4.33. The zero-order valence-corrected chi connectivity index (χ0v) is 10.2. The van der Waals surface area contributed by atoms with Crippen molar-refractivity contribution in [3.8, 4) is 0 Å². The van der Waals surface area contributed by atoms with Crippen molar-refractivity contribution in [2.45, 2.75) is 19.9 Å². The number of thiophene rings is 1.